The van der Waals surface area contributed by atoms with Crippen LogP contribution in [0.15, 0.2) is 24.4 Å². The lowest BCUT2D eigenvalue weighted by atomic mass is 10.1. The molecule has 3 aliphatic rings. The van der Waals surface area contributed by atoms with Gasteiger partial charge in [0.2, 0.25) is 17.8 Å². The third-order valence-electron chi connectivity index (χ3n) is 6.67. The van der Waals surface area contributed by atoms with E-state index in [9.17, 15) is 9.59 Å². The number of nitrogens with one attached hydrogen (secondary N) is 4. The Morgan fingerprint density at radius 1 is 1.21 bits per heavy atom. The molecule has 0 radical (unpaired) electrons. The molecular formula is C22H27N9O2. The van der Waals surface area contributed by atoms with Gasteiger partial charge in [-0.15, -0.1) is 5.10 Å². The van der Waals surface area contributed by atoms with Crippen LogP contribution in [0.1, 0.15) is 50.1 Å². The van der Waals surface area contributed by atoms with Crippen LogP contribution in [0.5, 0.6) is 0 Å². The summed E-state index contributed by atoms with van der Waals surface area (Å²) >= 11 is 0. The van der Waals surface area contributed by atoms with Crippen LogP contribution in [0.3, 0.4) is 0 Å². The topological polar surface area (TPSA) is 132 Å². The van der Waals surface area contributed by atoms with E-state index in [1.54, 1.807) is 4.52 Å². The maximum atomic E-state index is 13.1. The van der Waals surface area contributed by atoms with Crippen molar-refractivity contribution in [3.8, 4) is 0 Å². The Kier molecular flexibility index (Phi) is 4.88. The highest BCUT2D eigenvalue weighted by atomic mass is 16.2. The molecule has 1 aliphatic carbocycles. The summed E-state index contributed by atoms with van der Waals surface area (Å²) in [5.74, 6) is 2.47. The highest BCUT2D eigenvalue weighted by Crippen LogP contribution is 2.39. The molecule has 0 spiro atoms. The van der Waals surface area contributed by atoms with E-state index in [0.717, 1.165) is 29.9 Å². The molecule has 0 bridgehead atoms. The van der Waals surface area contributed by atoms with E-state index in [1.807, 2.05) is 29.3 Å². The average molecular weight is 450 g/mol. The van der Waals surface area contributed by atoms with Crippen LogP contribution in [-0.2, 0) is 9.59 Å². The molecule has 1 saturated carbocycles. The van der Waals surface area contributed by atoms with E-state index in [0.29, 0.717) is 43.6 Å². The first kappa shape index (κ1) is 20.0. The van der Waals surface area contributed by atoms with Gasteiger partial charge in [0.1, 0.15) is 11.6 Å². The van der Waals surface area contributed by atoms with Crippen molar-refractivity contribution in [1.29, 1.82) is 0 Å². The van der Waals surface area contributed by atoms with Gasteiger partial charge in [0, 0.05) is 49.4 Å². The summed E-state index contributed by atoms with van der Waals surface area (Å²) in [7, 11) is 0. The van der Waals surface area contributed by atoms with Gasteiger partial charge >= 0.3 is 0 Å². The molecule has 11 heteroatoms. The minimum atomic E-state index is -0.338. The molecule has 2 unspecified atom stereocenters. The maximum absolute atomic E-state index is 13.1. The Bertz CT molecular complexity index is 1190. The lowest BCUT2D eigenvalue weighted by Gasteiger charge is -2.28. The van der Waals surface area contributed by atoms with Gasteiger partial charge < -0.3 is 20.9 Å². The molecule has 4 N–H and O–H groups in total. The van der Waals surface area contributed by atoms with Gasteiger partial charge in [-0.05, 0) is 44.2 Å². The zero-order valence-electron chi connectivity index (χ0n) is 18.3. The lowest BCUT2D eigenvalue weighted by molar-refractivity contribution is -0.126. The minimum Gasteiger partial charge on any atom is -0.354 e. The van der Waals surface area contributed by atoms with Gasteiger partial charge in [-0.3, -0.25) is 14.7 Å². The summed E-state index contributed by atoms with van der Waals surface area (Å²) in [5, 5.41) is 21.4. The molecule has 172 valence electrons. The highest BCUT2D eigenvalue weighted by molar-refractivity contribution is 5.86. The van der Waals surface area contributed by atoms with E-state index in [-0.39, 0.29) is 23.9 Å². The molecule has 3 aromatic heterocycles. The second-order valence-corrected chi connectivity index (χ2v) is 9.11. The molecule has 2 atom stereocenters. The van der Waals surface area contributed by atoms with Crippen LogP contribution < -0.4 is 20.9 Å². The van der Waals surface area contributed by atoms with Gasteiger partial charge in [0.05, 0.1) is 0 Å². The first-order valence-electron chi connectivity index (χ1n) is 11.7. The number of fused-ring (bicyclic) bond motifs is 1. The summed E-state index contributed by atoms with van der Waals surface area (Å²) in [4.78, 5) is 31.3. The van der Waals surface area contributed by atoms with Crippen molar-refractivity contribution in [2.45, 2.75) is 56.5 Å². The summed E-state index contributed by atoms with van der Waals surface area (Å²) in [5.41, 5.74) is 1.99. The summed E-state index contributed by atoms with van der Waals surface area (Å²) in [6, 6.07) is 5.53. The van der Waals surface area contributed by atoms with Crippen molar-refractivity contribution >= 4 is 34.9 Å². The van der Waals surface area contributed by atoms with E-state index in [1.165, 1.54) is 12.8 Å². The van der Waals surface area contributed by atoms with Gasteiger partial charge in [-0.25, -0.2) is 4.52 Å². The zero-order chi connectivity index (χ0) is 22.4. The number of amides is 2. The van der Waals surface area contributed by atoms with E-state index >= 15 is 0 Å². The van der Waals surface area contributed by atoms with E-state index in [2.05, 4.69) is 31.2 Å². The first-order valence-corrected chi connectivity index (χ1v) is 11.7. The highest BCUT2D eigenvalue weighted by Gasteiger charge is 2.35. The monoisotopic (exact) mass is 449 g/mol. The first-order chi connectivity index (χ1) is 16.1. The van der Waals surface area contributed by atoms with Crippen LogP contribution in [0.25, 0.3) is 5.52 Å². The van der Waals surface area contributed by atoms with Crippen molar-refractivity contribution in [3.63, 3.8) is 0 Å². The van der Waals surface area contributed by atoms with E-state index in [4.69, 9.17) is 4.98 Å². The van der Waals surface area contributed by atoms with Gasteiger partial charge in [-0.2, -0.15) is 10.1 Å². The normalized spacial score (nSPS) is 23.0. The molecule has 11 nitrogen and oxygen atoms in total. The van der Waals surface area contributed by atoms with Crippen LogP contribution >= 0.6 is 0 Å². The fourth-order valence-electron chi connectivity index (χ4n) is 4.69. The molecular weight excluding hydrogens is 422 g/mol. The molecule has 3 fully saturated rings. The second kappa shape index (κ2) is 8.05. The van der Waals surface area contributed by atoms with Gasteiger partial charge in [0.15, 0.2) is 11.6 Å². The Morgan fingerprint density at radius 2 is 2.12 bits per heavy atom. The number of anilines is 3. The van der Waals surface area contributed by atoms with Crippen molar-refractivity contribution in [3.05, 3.63) is 30.1 Å². The van der Waals surface area contributed by atoms with Crippen molar-refractivity contribution in [2.24, 2.45) is 0 Å². The molecule has 2 aliphatic heterocycles. The van der Waals surface area contributed by atoms with Crippen molar-refractivity contribution in [2.75, 3.05) is 23.3 Å². The number of carbonyl (C=O) groups is 2. The number of hydrogen-bond donors (Lipinski definition) is 4. The molecule has 2 amide bonds. The number of aromatic nitrogens is 5. The summed E-state index contributed by atoms with van der Waals surface area (Å²) in [6.07, 6.45) is 7.02. The van der Waals surface area contributed by atoms with Crippen LogP contribution in [0.2, 0.25) is 0 Å². The molecule has 5 heterocycles. The van der Waals surface area contributed by atoms with Crippen molar-refractivity contribution in [1.82, 2.24) is 35.4 Å². The van der Waals surface area contributed by atoms with E-state index < -0.39 is 0 Å². The fraction of sp³-hybridized carbons (Fsp3) is 0.500. The van der Waals surface area contributed by atoms with Crippen LogP contribution in [0, 0.1) is 0 Å². The molecule has 0 aromatic carbocycles. The number of nitrogens with zero attached hydrogens (tertiary/aromatic N) is 5. The minimum absolute atomic E-state index is 0.0388. The summed E-state index contributed by atoms with van der Waals surface area (Å²) < 4.78 is 1.78. The summed E-state index contributed by atoms with van der Waals surface area (Å²) in [6.45, 7) is 1.18. The van der Waals surface area contributed by atoms with Gasteiger partial charge in [-0.1, -0.05) is 0 Å². The quantitative estimate of drug-likeness (QED) is 0.448. The average Bonchev–Trinajstić information content (AvgIpc) is 3.20. The van der Waals surface area contributed by atoms with Crippen LogP contribution in [-0.4, -0.2) is 61.8 Å². The number of piperidine rings is 1. The Hall–Kier alpha value is -3.63. The smallest absolute Gasteiger partial charge is 0.246 e. The number of carbonyl (C=O) groups excluding carboxylic acids is 2. The number of hydrogen-bond acceptors (Lipinski definition) is 7. The largest absolute Gasteiger partial charge is 0.354 e. The zero-order valence-corrected chi connectivity index (χ0v) is 18.3. The maximum Gasteiger partial charge on any atom is 0.246 e. The Balaban J connectivity index is 1.23. The van der Waals surface area contributed by atoms with Crippen LogP contribution in [0.4, 0.5) is 17.6 Å². The Morgan fingerprint density at radius 3 is 2.94 bits per heavy atom. The number of aromatic amines is 1. The fourth-order valence-corrected chi connectivity index (χ4v) is 4.69. The number of rotatable bonds is 6. The third-order valence-corrected chi connectivity index (χ3v) is 6.67. The lowest BCUT2D eigenvalue weighted by Crippen LogP contribution is -2.52. The Labute approximate surface area is 190 Å². The molecule has 3 aromatic rings. The third kappa shape index (κ3) is 3.98. The van der Waals surface area contributed by atoms with Crippen molar-refractivity contribution < 1.29 is 9.59 Å². The molecule has 6 rings (SSSR count). The molecule has 2 saturated heterocycles. The second-order valence-electron chi connectivity index (χ2n) is 9.11. The predicted octanol–water partition coefficient (Wildman–Crippen LogP) is 1.44. The SMILES string of the molecule is O=C1CCC(NC(=O)C2CCCN2c2nc(Nc3cc(C4CC4)[nH]n3)c3cccn3n2)CN1. The standard InChI is InChI=1S/C22H27N9O2/c32-19-8-7-14(12-23-19)24-21(33)17-4-1-9-30(17)22-26-20(16-3-2-10-31(16)29-22)25-18-11-15(27-28-18)13-5-6-13/h2-3,10-11,13-14,17H,1,4-9,12H2,(H,23,32)(H,24,33)(H2,25,26,27,28,29). The molecule has 33 heavy (non-hydrogen) atoms. The number of H-pyrrole nitrogens is 1. The predicted molar refractivity (Wildman–Crippen MR) is 121 cm³/mol. The van der Waals surface area contributed by atoms with Gasteiger partial charge in [0.25, 0.3) is 0 Å².